The molecule has 0 aromatic heterocycles. The number of benzene rings is 1. The van der Waals surface area contributed by atoms with E-state index in [0.717, 1.165) is 25.7 Å². The zero-order chi connectivity index (χ0) is 17.5. The summed E-state index contributed by atoms with van der Waals surface area (Å²) in [6.45, 7) is 4.27. The minimum Gasteiger partial charge on any atom is -0.457 e. The minimum absolute atomic E-state index is 0.112. The van der Waals surface area contributed by atoms with E-state index in [2.05, 4.69) is 42.8 Å². The van der Waals surface area contributed by atoms with Crippen LogP contribution in [0, 0.1) is 0 Å². The van der Waals surface area contributed by atoms with Gasteiger partial charge in [-0.3, -0.25) is 4.72 Å². The molecule has 3 saturated carbocycles. The number of aliphatic imine (C=N–C) groups is 1. The standard InChI is InChI=1S/C20H27FN2OS/c1-18(2)16(14-15-6-4-3-5-7-15)25-23-17(24-18)22-20-11-8-19(21,9-12-20)10-13-20/h3-7,16H,8-14H2,1-2H3,(H,22,23). The summed E-state index contributed by atoms with van der Waals surface area (Å²) in [5, 5.41) is 0.308. The Balaban J connectivity index is 1.45. The van der Waals surface area contributed by atoms with Crippen LogP contribution in [0.3, 0.4) is 0 Å². The zero-order valence-corrected chi connectivity index (χ0v) is 15.9. The summed E-state index contributed by atoms with van der Waals surface area (Å²) in [6, 6.07) is 11.1. The highest BCUT2D eigenvalue weighted by Crippen LogP contribution is 2.51. The maximum absolute atomic E-state index is 14.4. The number of fused-ring (bicyclic) bond motifs is 3. The highest BCUT2D eigenvalue weighted by atomic mass is 32.2. The number of nitrogens with zero attached hydrogens (tertiary/aromatic N) is 1. The third kappa shape index (κ3) is 3.53. The summed E-state index contributed by atoms with van der Waals surface area (Å²) in [5.74, 6) is 0. The smallest absolute Gasteiger partial charge is 0.296 e. The van der Waals surface area contributed by atoms with Crippen LogP contribution < -0.4 is 4.72 Å². The van der Waals surface area contributed by atoms with E-state index >= 15 is 0 Å². The Kier molecular flexibility index (Phi) is 4.25. The Morgan fingerprint density at radius 3 is 2.36 bits per heavy atom. The first-order valence-electron chi connectivity index (χ1n) is 9.32. The van der Waals surface area contributed by atoms with Crippen LogP contribution in [0.4, 0.5) is 4.39 Å². The van der Waals surface area contributed by atoms with Gasteiger partial charge in [0, 0.05) is 0 Å². The van der Waals surface area contributed by atoms with Gasteiger partial charge in [-0.05, 0) is 76.3 Å². The van der Waals surface area contributed by atoms with Crippen molar-refractivity contribution in [2.75, 3.05) is 0 Å². The Bertz CT molecular complexity index is 636. The minimum atomic E-state index is -0.919. The SMILES string of the molecule is CC1(C)OC(=NC23CCC(F)(CC2)CC3)NSC1Cc1ccccc1. The van der Waals surface area contributed by atoms with Crippen LogP contribution in [0.5, 0.6) is 0 Å². The number of hydrogen-bond donors (Lipinski definition) is 1. The van der Waals surface area contributed by atoms with Crippen LogP contribution in [0.15, 0.2) is 35.3 Å². The summed E-state index contributed by atoms with van der Waals surface area (Å²) >= 11 is 1.70. The molecule has 1 N–H and O–H groups in total. The molecule has 25 heavy (non-hydrogen) atoms. The summed E-state index contributed by atoms with van der Waals surface area (Å²) in [4.78, 5) is 4.95. The molecule has 0 radical (unpaired) electrons. The highest BCUT2D eigenvalue weighted by molar-refractivity contribution is 7.98. The van der Waals surface area contributed by atoms with E-state index in [0.29, 0.717) is 30.5 Å². The number of nitrogens with one attached hydrogen (secondary N) is 1. The molecule has 3 aliphatic carbocycles. The molecule has 136 valence electrons. The molecular weight excluding hydrogens is 335 g/mol. The van der Waals surface area contributed by atoms with Gasteiger partial charge in [0.2, 0.25) is 0 Å². The molecule has 1 heterocycles. The predicted molar refractivity (Wildman–Crippen MR) is 102 cm³/mol. The summed E-state index contributed by atoms with van der Waals surface area (Å²) in [6.07, 6.45) is 5.43. The first-order chi connectivity index (χ1) is 11.9. The topological polar surface area (TPSA) is 33.6 Å². The maximum atomic E-state index is 14.4. The predicted octanol–water partition coefficient (Wildman–Crippen LogP) is 4.82. The van der Waals surface area contributed by atoms with Gasteiger partial charge in [-0.25, -0.2) is 9.38 Å². The van der Waals surface area contributed by atoms with E-state index in [1.807, 2.05) is 6.07 Å². The lowest BCUT2D eigenvalue weighted by atomic mass is 9.64. The summed E-state index contributed by atoms with van der Waals surface area (Å²) in [5.41, 5.74) is -0.0123. The van der Waals surface area contributed by atoms with Crippen LogP contribution in [-0.2, 0) is 11.2 Å². The Hall–Kier alpha value is -1.23. The Morgan fingerprint density at radius 2 is 1.76 bits per heavy atom. The van der Waals surface area contributed by atoms with Gasteiger partial charge in [0.1, 0.15) is 11.3 Å². The number of ether oxygens (including phenoxy) is 1. The number of halogens is 1. The fourth-order valence-corrected chi connectivity index (χ4v) is 5.20. The van der Waals surface area contributed by atoms with Gasteiger partial charge in [0.15, 0.2) is 0 Å². The molecule has 0 amide bonds. The van der Waals surface area contributed by atoms with Crippen molar-refractivity contribution in [3.63, 3.8) is 0 Å². The van der Waals surface area contributed by atoms with Gasteiger partial charge in [-0.1, -0.05) is 30.3 Å². The van der Waals surface area contributed by atoms with Crippen molar-refractivity contribution in [3.05, 3.63) is 35.9 Å². The number of amidine groups is 1. The average molecular weight is 363 g/mol. The monoisotopic (exact) mass is 362 g/mol. The number of alkyl halides is 1. The van der Waals surface area contributed by atoms with Crippen LogP contribution in [0.2, 0.25) is 0 Å². The van der Waals surface area contributed by atoms with Crippen molar-refractivity contribution in [2.45, 2.75) is 80.9 Å². The first kappa shape index (κ1) is 17.2. The molecule has 5 rings (SSSR count). The van der Waals surface area contributed by atoms with Crippen molar-refractivity contribution >= 4 is 18.0 Å². The first-order valence-corrected chi connectivity index (χ1v) is 10.2. The van der Waals surface area contributed by atoms with E-state index in [1.165, 1.54) is 5.56 Å². The largest absolute Gasteiger partial charge is 0.457 e. The summed E-state index contributed by atoms with van der Waals surface area (Å²) in [7, 11) is 0. The van der Waals surface area contributed by atoms with Gasteiger partial charge < -0.3 is 4.74 Å². The highest BCUT2D eigenvalue weighted by Gasteiger charge is 2.50. The normalized spacial score (nSPS) is 38.2. The fraction of sp³-hybridized carbons (Fsp3) is 0.650. The van der Waals surface area contributed by atoms with Crippen LogP contribution >= 0.6 is 11.9 Å². The molecule has 1 aliphatic heterocycles. The molecule has 5 heteroatoms. The van der Waals surface area contributed by atoms with Crippen molar-refractivity contribution in [1.29, 1.82) is 0 Å². The fourth-order valence-electron chi connectivity index (χ4n) is 4.26. The van der Waals surface area contributed by atoms with E-state index in [1.54, 1.807) is 11.9 Å². The van der Waals surface area contributed by atoms with E-state index < -0.39 is 5.67 Å². The quantitative estimate of drug-likeness (QED) is 0.783. The molecule has 1 aromatic carbocycles. The number of hydrogen-bond acceptors (Lipinski definition) is 3. The second kappa shape index (κ2) is 6.19. The molecule has 3 nitrogen and oxygen atoms in total. The molecule has 1 unspecified atom stereocenters. The lowest BCUT2D eigenvalue weighted by Gasteiger charge is -2.48. The van der Waals surface area contributed by atoms with Gasteiger partial charge in [-0.2, -0.15) is 0 Å². The van der Waals surface area contributed by atoms with Crippen molar-refractivity contribution in [2.24, 2.45) is 4.99 Å². The molecule has 0 spiro atoms. The van der Waals surface area contributed by atoms with Crippen LogP contribution in [0.1, 0.15) is 57.9 Å². The van der Waals surface area contributed by atoms with Gasteiger partial charge >= 0.3 is 0 Å². The van der Waals surface area contributed by atoms with Crippen molar-refractivity contribution < 1.29 is 9.13 Å². The van der Waals surface area contributed by atoms with Crippen LogP contribution in [-0.4, -0.2) is 28.1 Å². The van der Waals surface area contributed by atoms with E-state index in [4.69, 9.17) is 9.73 Å². The Labute approximate surface area is 154 Å². The third-order valence-electron chi connectivity index (χ3n) is 6.14. The molecule has 4 aliphatic rings. The van der Waals surface area contributed by atoms with Gasteiger partial charge in [0.25, 0.3) is 6.02 Å². The molecule has 1 saturated heterocycles. The van der Waals surface area contributed by atoms with Gasteiger partial charge in [0.05, 0.1) is 10.8 Å². The lowest BCUT2D eigenvalue weighted by Crippen LogP contribution is -2.52. The van der Waals surface area contributed by atoms with Crippen molar-refractivity contribution in [1.82, 2.24) is 4.72 Å². The molecule has 1 atom stereocenters. The zero-order valence-electron chi connectivity index (χ0n) is 15.1. The van der Waals surface area contributed by atoms with Crippen molar-refractivity contribution in [3.8, 4) is 0 Å². The van der Waals surface area contributed by atoms with E-state index in [-0.39, 0.29) is 11.1 Å². The van der Waals surface area contributed by atoms with E-state index in [9.17, 15) is 4.39 Å². The molecule has 2 bridgehead atoms. The van der Waals surface area contributed by atoms with Gasteiger partial charge in [-0.15, -0.1) is 0 Å². The number of rotatable bonds is 3. The second-order valence-electron chi connectivity index (χ2n) is 8.40. The average Bonchev–Trinajstić information content (AvgIpc) is 2.59. The Morgan fingerprint density at radius 1 is 1.12 bits per heavy atom. The maximum Gasteiger partial charge on any atom is 0.296 e. The summed E-state index contributed by atoms with van der Waals surface area (Å²) < 4.78 is 24.0. The molecule has 1 aromatic rings. The van der Waals surface area contributed by atoms with Crippen LogP contribution in [0.25, 0.3) is 0 Å². The third-order valence-corrected chi connectivity index (χ3v) is 7.45. The molecular formula is C20H27FN2OS. The lowest BCUT2D eigenvalue weighted by molar-refractivity contribution is 0.00520. The molecule has 4 fully saturated rings. The second-order valence-corrected chi connectivity index (χ2v) is 9.40.